The first-order valence-corrected chi connectivity index (χ1v) is 7.58. The van der Waals surface area contributed by atoms with Gasteiger partial charge in [0.15, 0.2) is 0 Å². The van der Waals surface area contributed by atoms with Gasteiger partial charge in [-0.2, -0.15) is 0 Å². The first-order chi connectivity index (χ1) is 9.58. The predicted octanol–water partition coefficient (Wildman–Crippen LogP) is 4.57. The number of halogens is 2. The molecule has 20 heavy (non-hydrogen) atoms. The molecule has 1 atom stereocenters. The zero-order valence-electron chi connectivity index (χ0n) is 11.1. The van der Waals surface area contributed by atoms with E-state index in [0.717, 1.165) is 23.1 Å². The van der Waals surface area contributed by atoms with E-state index < -0.39 is 0 Å². The van der Waals surface area contributed by atoms with Crippen molar-refractivity contribution in [1.82, 2.24) is 4.98 Å². The van der Waals surface area contributed by atoms with E-state index in [0.29, 0.717) is 10.8 Å². The van der Waals surface area contributed by atoms with Crippen molar-refractivity contribution in [2.24, 2.45) is 5.73 Å². The van der Waals surface area contributed by atoms with Crippen LogP contribution < -0.4 is 10.5 Å². The number of hydrogen-bond acceptors (Lipinski definition) is 3. The number of aromatic nitrogens is 1. The minimum atomic E-state index is 0.176. The number of pyridine rings is 1. The van der Waals surface area contributed by atoms with E-state index in [1.54, 1.807) is 18.5 Å². The van der Waals surface area contributed by atoms with Crippen LogP contribution in [0.5, 0.6) is 11.5 Å². The summed E-state index contributed by atoms with van der Waals surface area (Å²) in [5, 5.41) is 0.548. The topological polar surface area (TPSA) is 48.1 Å². The molecular formula is C15H16BrClN2O. The number of nitrogens with zero attached hydrogens (tertiary/aromatic N) is 1. The standard InChI is InChI=1S/C15H16BrClN2O/c1-2-12(18)5-10-3-4-13(7-15(10)16)20-14-6-11(17)8-19-9-14/h3-4,6-9,12H,2,5,18H2,1H3. The molecule has 0 radical (unpaired) electrons. The van der Waals surface area contributed by atoms with Crippen LogP contribution in [0.2, 0.25) is 5.02 Å². The molecule has 0 aliphatic heterocycles. The minimum Gasteiger partial charge on any atom is -0.456 e. The Morgan fingerprint density at radius 1 is 1.30 bits per heavy atom. The van der Waals surface area contributed by atoms with Crippen LogP contribution in [0, 0.1) is 0 Å². The molecule has 2 N–H and O–H groups in total. The molecule has 0 saturated heterocycles. The summed E-state index contributed by atoms with van der Waals surface area (Å²) in [6.45, 7) is 2.09. The SMILES string of the molecule is CCC(N)Cc1ccc(Oc2cncc(Cl)c2)cc1Br. The van der Waals surface area contributed by atoms with Gasteiger partial charge >= 0.3 is 0 Å². The van der Waals surface area contributed by atoms with Gasteiger partial charge in [0, 0.05) is 22.8 Å². The van der Waals surface area contributed by atoms with Gasteiger partial charge in [-0.1, -0.05) is 40.5 Å². The Balaban J connectivity index is 2.13. The third kappa shape index (κ3) is 4.20. The second kappa shape index (κ2) is 7.07. The Bertz CT molecular complexity index is 592. The molecule has 0 fully saturated rings. The van der Waals surface area contributed by atoms with Crippen molar-refractivity contribution < 1.29 is 4.74 Å². The lowest BCUT2D eigenvalue weighted by molar-refractivity contribution is 0.479. The summed E-state index contributed by atoms with van der Waals surface area (Å²) in [6.07, 6.45) is 5.00. The Kier molecular flexibility index (Phi) is 5.40. The molecular weight excluding hydrogens is 340 g/mol. The molecule has 106 valence electrons. The van der Waals surface area contributed by atoms with E-state index >= 15 is 0 Å². The summed E-state index contributed by atoms with van der Waals surface area (Å²) in [5.74, 6) is 1.34. The van der Waals surface area contributed by atoms with Crippen molar-refractivity contribution in [3.63, 3.8) is 0 Å². The Morgan fingerprint density at radius 3 is 2.75 bits per heavy atom. The number of rotatable bonds is 5. The molecule has 0 aliphatic rings. The molecule has 0 amide bonds. The molecule has 1 aromatic heterocycles. The summed E-state index contributed by atoms with van der Waals surface area (Å²) in [7, 11) is 0. The molecule has 0 aliphatic carbocycles. The molecule has 2 rings (SSSR count). The van der Waals surface area contributed by atoms with E-state index in [-0.39, 0.29) is 6.04 Å². The summed E-state index contributed by atoms with van der Waals surface area (Å²) in [4.78, 5) is 3.99. The Morgan fingerprint density at radius 2 is 2.10 bits per heavy atom. The third-order valence-electron chi connectivity index (χ3n) is 2.95. The van der Waals surface area contributed by atoms with Crippen LogP contribution in [0.3, 0.4) is 0 Å². The van der Waals surface area contributed by atoms with Crippen molar-refractivity contribution in [1.29, 1.82) is 0 Å². The van der Waals surface area contributed by atoms with Crippen LogP contribution in [0.4, 0.5) is 0 Å². The molecule has 1 unspecified atom stereocenters. The fraction of sp³-hybridized carbons (Fsp3) is 0.267. The second-order valence-electron chi connectivity index (χ2n) is 4.57. The molecule has 0 spiro atoms. The van der Waals surface area contributed by atoms with Gasteiger partial charge in [0.25, 0.3) is 0 Å². The van der Waals surface area contributed by atoms with Gasteiger partial charge in [0.1, 0.15) is 11.5 Å². The molecule has 1 aromatic carbocycles. The van der Waals surface area contributed by atoms with Crippen LogP contribution in [-0.2, 0) is 6.42 Å². The highest BCUT2D eigenvalue weighted by Gasteiger charge is 2.07. The molecule has 2 aromatic rings. The van der Waals surface area contributed by atoms with Gasteiger partial charge in [-0.25, -0.2) is 0 Å². The summed E-state index contributed by atoms with van der Waals surface area (Å²) in [6, 6.07) is 7.77. The lowest BCUT2D eigenvalue weighted by Crippen LogP contribution is -2.21. The van der Waals surface area contributed by atoms with E-state index in [2.05, 4.69) is 27.8 Å². The Hall–Kier alpha value is -1.10. The van der Waals surface area contributed by atoms with Gasteiger partial charge in [-0.3, -0.25) is 4.98 Å². The summed E-state index contributed by atoms with van der Waals surface area (Å²) >= 11 is 9.43. The molecule has 5 heteroatoms. The van der Waals surface area contributed by atoms with E-state index in [1.807, 2.05) is 18.2 Å². The van der Waals surface area contributed by atoms with Crippen LogP contribution in [0.15, 0.2) is 41.1 Å². The largest absolute Gasteiger partial charge is 0.456 e. The fourth-order valence-corrected chi connectivity index (χ4v) is 2.45. The normalized spacial score (nSPS) is 12.2. The summed E-state index contributed by atoms with van der Waals surface area (Å²) in [5.41, 5.74) is 7.15. The van der Waals surface area contributed by atoms with Gasteiger partial charge < -0.3 is 10.5 Å². The van der Waals surface area contributed by atoms with Crippen molar-refractivity contribution >= 4 is 27.5 Å². The van der Waals surface area contributed by atoms with Crippen molar-refractivity contribution in [3.8, 4) is 11.5 Å². The maximum Gasteiger partial charge on any atom is 0.147 e. The van der Waals surface area contributed by atoms with E-state index in [1.165, 1.54) is 5.56 Å². The van der Waals surface area contributed by atoms with Gasteiger partial charge in [0.2, 0.25) is 0 Å². The van der Waals surface area contributed by atoms with Gasteiger partial charge in [0.05, 0.1) is 11.2 Å². The monoisotopic (exact) mass is 354 g/mol. The lowest BCUT2D eigenvalue weighted by Gasteiger charge is -2.12. The maximum atomic E-state index is 5.98. The molecule has 0 saturated carbocycles. The number of nitrogens with two attached hydrogens (primary N) is 1. The quantitative estimate of drug-likeness (QED) is 0.854. The highest BCUT2D eigenvalue weighted by Crippen LogP contribution is 2.28. The number of ether oxygens (including phenoxy) is 1. The Labute approximate surface area is 132 Å². The van der Waals surface area contributed by atoms with Crippen molar-refractivity contribution in [2.45, 2.75) is 25.8 Å². The first kappa shape index (κ1) is 15.3. The van der Waals surface area contributed by atoms with Crippen LogP contribution in [-0.4, -0.2) is 11.0 Å². The first-order valence-electron chi connectivity index (χ1n) is 6.41. The highest BCUT2D eigenvalue weighted by atomic mass is 79.9. The molecule has 3 nitrogen and oxygen atoms in total. The van der Waals surface area contributed by atoms with Crippen molar-refractivity contribution in [3.05, 3.63) is 51.7 Å². The predicted molar refractivity (Wildman–Crippen MR) is 85.4 cm³/mol. The van der Waals surface area contributed by atoms with Crippen LogP contribution >= 0.6 is 27.5 Å². The summed E-state index contributed by atoms with van der Waals surface area (Å²) < 4.78 is 6.71. The van der Waals surface area contributed by atoms with E-state index in [9.17, 15) is 0 Å². The van der Waals surface area contributed by atoms with Crippen LogP contribution in [0.25, 0.3) is 0 Å². The maximum absolute atomic E-state index is 5.98. The fourth-order valence-electron chi connectivity index (χ4n) is 1.77. The van der Waals surface area contributed by atoms with Crippen LogP contribution in [0.1, 0.15) is 18.9 Å². The zero-order chi connectivity index (χ0) is 14.5. The smallest absolute Gasteiger partial charge is 0.147 e. The molecule has 0 bridgehead atoms. The third-order valence-corrected chi connectivity index (χ3v) is 3.89. The second-order valence-corrected chi connectivity index (χ2v) is 5.86. The average Bonchev–Trinajstić information content (AvgIpc) is 2.41. The lowest BCUT2D eigenvalue weighted by atomic mass is 10.0. The number of benzene rings is 1. The number of hydrogen-bond donors (Lipinski definition) is 1. The average molecular weight is 356 g/mol. The molecule has 1 heterocycles. The minimum absolute atomic E-state index is 0.176. The zero-order valence-corrected chi connectivity index (χ0v) is 13.5. The highest BCUT2D eigenvalue weighted by molar-refractivity contribution is 9.10. The van der Waals surface area contributed by atoms with Gasteiger partial charge in [-0.15, -0.1) is 0 Å². The van der Waals surface area contributed by atoms with Crippen molar-refractivity contribution in [2.75, 3.05) is 0 Å². The van der Waals surface area contributed by atoms with E-state index in [4.69, 9.17) is 22.1 Å². The van der Waals surface area contributed by atoms with Gasteiger partial charge in [-0.05, 0) is 30.5 Å².